The van der Waals surface area contributed by atoms with Crippen molar-refractivity contribution in [2.24, 2.45) is 0 Å². The average Bonchev–Trinajstić information content (AvgIpc) is 3.39. The first-order chi connectivity index (χ1) is 36.2. The molecule has 0 heterocycles. The number of carbonyl (C=O) groups is 3. The second-order valence-corrected chi connectivity index (χ2v) is 21.6. The average molecular weight is 1060 g/mol. The summed E-state index contributed by atoms with van der Waals surface area (Å²) in [6.07, 6.45) is 61.8. The molecule has 0 aliphatic heterocycles. The zero-order valence-electron chi connectivity index (χ0n) is 47.6. The molecule has 0 rings (SSSR count). The summed E-state index contributed by atoms with van der Waals surface area (Å²) >= 11 is 0. The Morgan fingerprint density at radius 3 is 1.14 bits per heavy atom. The molecule has 0 spiro atoms. The fourth-order valence-corrected chi connectivity index (χ4v) is 9.07. The van der Waals surface area contributed by atoms with Crippen LogP contribution >= 0.6 is 7.82 Å². The van der Waals surface area contributed by atoms with Gasteiger partial charge in [-0.1, -0.05) is 223 Å². The molecule has 3 atom stereocenters. The van der Waals surface area contributed by atoms with Gasteiger partial charge in [-0.3, -0.25) is 23.4 Å². The Kier molecular flexibility index (Phi) is 54.2. The number of allylic oxidation sites excluding steroid dienone is 10. The second-order valence-electron chi connectivity index (χ2n) is 20.1. The Morgan fingerprint density at radius 1 is 0.392 bits per heavy atom. The van der Waals surface area contributed by atoms with Gasteiger partial charge in [0, 0.05) is 19.3 Å². The summed E-state index contributed by atoms with van der Waals surface area (Å²) < 4.78 is 39.5. The Bertz CT molecular complexity index is 1470. The minimum atomic E-state index is -4.75. The van der Waals surface area contributed by atoms with Gasteiger partial charge in [0.15, 0.2) is 6.10 Å². The topological polar surface area (TPSA) is 155 Å². The van der Waals surface area contributed by atoms with E-state index in [1.54, 1.807) is 0 Å². The van der Waals surface area contributed by atoms with Crippen molar-refractivity contribution in [3.8, 4) is 0 Å². The van der Waals surface area contributed by atoms with Gasteiger partial charge < -0.3 is 24.2 Å². The molecule has 0 fully saturated rings. The molecule has 0 radical (unpaired) electrons. The van der Waals surface area contributed by atoms with Crippen LogP contribution in [0.25, 0.3) is 0 Å². The third kappa shape index (κ3) is 54.0. The number of ether oxygens (including phenoxy) is 3. The van der Waals surface area contributed by atoms with Crippen molar-refractivity contribution in [1.82, 2.24) is 0 Å². The molecule has 0 saturated heterocycles. The lowest BCUT2D eigenvalue weighted by Gasteiger charge is -2.21. The number of phosphoric acid groups is 1. The maximum Gasteiger partial charge on any atom is 0.472 e. The van der Waals surface area contributed by atoms with Crippen molar-refractivity contribution in [1.29, 1.82) is 0 Å². The van der Waals surface area contributed by atoms with Crippen LogP contribution < -0.4 is 0 Å². The Hall–Kier alpha value is -2.82. The number of esters is 3. The minimum absolute atomic E-state index is 0.156. The zero-order chi connectivity index (χ0) is 54.1. The van der Waals surface area contributed by atoms with Crippen LogP contribution in [0.2, 0.25) is 0 Å². The van der Waals surface area contributed by atoms with Crippen LogP contribution in [0.5, 0.6) is 0 Å². The lowest BCUT2D eigenvalue weighted by atomic mass is 10.1. The van der Waals surface area contributed by atoms with Gasteiger partial charge >= 0.3 is 25.7 Å². The van der Waals surface area contributed by atoms with Crippen LogP contribution in [0.1, 0.15) is 278 Å². The summed E-state index contributed by atoms with van der Waals surface area (Å²) in [4.78, 5) is 48.6. The lowest BCUT2D eigenvalue weighted by molar-refractivity contribution is -0.161. The number of aliphatic hydroxyl groups is 1. The number of aliphatic hydroxyl groups excluding tert-OH is 1. The second kappa shape index (κ2) is 56.4. The molecular weight excluding hydrogens is 952 g/mol. The molecule has 0 aliphatic rings. The van der Waals surface area contributed by atoms with E-state index in [2.05, 4.69) is 81.5 Å². The number of phosphoric ester groups is 1. The summed E-state index contributed by atoms with van der Waals surface area (Å²) in [5.41, 5.74) is 0. The van der Waals surface area contributed by atoms with Gasteiger partial charge in [0.25, 0.3) is 0 Å². The molecule has 0 bridgehead atoms. The largest absolute Gasteiger partial charge is 0.472 e. The van der Waals surface area contributed by atoms with Gasteiger partial charge in [0.05, 0.1) is 19.8 Å². The predicted molar refractivity (Wildman–Crippen MR) is 307 cm³/mol. The van der Waals surface area contributed by atoms with Crippen LogP contribution in [0.3, 0.4) is 0 Å². The Labute approximate surface area is 453 Å². The molecule has 2 N–H and O–H groups in total. The third-order valence-electron chi connectivity index (χ3n) is 12.9. The summed E-state index contributed by atoms with van der Waals surface area (Å²) in [6, 6.07) is 0. The maximum absolute atomic E-state index is 12.9. The van der Waals surface area contributed by atoms with E-state index in [0.717, 1.165) is 116 Å². The van der Waals surface area contributed by atoms with E-state index in [0.29, 0.717) is 19.3 Å². The molecule has 0 amide bonds. The van der Waals surface area contributed by atoms with Crippen molar-refractivity contribution in [2.75, 3.05) is 26.4 Å². The highest BCUT2D eigenvalue weighted by molar-refractivity contribution is 7.47. The molecule has 0 aliphatic carbocycles. The highest BCUT2D eigenvalue weighted by Gasteiger charge is 2.28. The van der Waals surface area contributed by atoms with E-state index in [9.17, 15) is 28.9 Å². The fraction of sp³-hybridized carbons (Fsp3) is 0.790. The monoisotopic (exact) mass is 1060 g/mol. The predicted octanol–water partition coefficient (Wildman–Crippen LogP) is 17.9. The number of rotatable bonds is 56. The molecule has 11 nitrogen and oxygen atoms in total. The molecule has 0 aromatic heterocycles. The highest BCUT2D eigenvalue weighted by Crippen LogP contribution is 2.43. The van der Waals surface area contributed by atoms with Gasteiger partial charge in [0.1, 0.15) is 12.7 Å². The summed E-state index contributed by atoms with van der Waals surface area (Å²) in [6.45, 7) is 4.50. The van der Waals surface area contributed by atoms with Crippen molar-refractivity contribution in [3.63, 3.8) is 0 Å². The number of unbranched alkanes of at least 4 members (excludes halogenated alkanes) is 29. The van der Waals surface area contributed by atoms with Crippen LogP contribution in [0.15, 0.2) is 60.8 Å². The summed E-state index contributed by atoms with van der Waals surface area (Å²) in [5.74, 6) is -1.48. The first kappa shape index (κ1) is 71.2. The number of carbonyl (C=O) groups excluding carboxylic acids is 3. The van der Waals surface area contributed by atoms with Crippen molar-refractivity contribution in [2.45, 2.75) is 290 Å². The molecular formula is C62H111O11P. The van der Waals surface area contributed by atoms with E-state index < -0.39 is 57.8 Å². The standard InChI is InChI=1S/C62H111O11P/c1-4-7-10-13-16-19-22-24-26-28-29-31-32-34-37-39-42-45-48-51-60(64)69-55-59(73-62(66)53-50-47-44-41-38-35-33-30-27-25-23-20-17-14-11-8-5-2)57-71-74(67,68)70-56-58(54-63)72-61(65)52-49-46-43-40-36-21-18-15-12-9-6-3/h8,11,15,17-18,20,24-27,58-59,63H,4-7,9-10,12-14,16,19,21-23,28-57H2,1-3H3,(H,67,68)/b11-8-,18-15-,20-17-,26-24-,27-25-. The minimum Gasteiger partial charge on any atom is -0.462 e. The van der Waals surface area contributed by atoms with E-state index >= 15 is 0 Å². The van der Waals surface area contributed by atoms with Gasteiger partial charge in [-0.15, -0.1) is 0 Å². The Morgan fingerprint density at radius 2 is 0.716 bits per heavy atom. The first-order valence-electron chi connectivity index (χ1n) is 30.2. The van der Waals surface area contributed by atoms with Crippen molar-refractivity contribution >= 4 is 25.7 Å². The van der Waals surface area contributed by atoms with Crippen molar-refractivity contribution in [3.05, 3.63) is 60.8 Å². The highest BCUT2D eigenvalue weighted by atomic mass is 31.2. The Balaban J connectivity index is 4.71. The first-order valence-corrected chi connectivity index (χ1v) is 31.7. The molecule has 12 heteroatoms. The molecule has 74 heavy (non-hydrogen) atoms. The fourth-order valence-electron chi connectivity index (χ4n) is 8.29. The normalized spacial score (nSPS) is 13.7. The van der Waals surface area contributed by atoms with Crippen LogP contribution in [0, 0.1) is 0 Å². The van der Waals surface area contributed by atoms with Crippen LogP contribution in [0.4, 0.5) is 0 Å². The van der Waals surface area contributed by atoms with Crippen molar-refractivity contribution < 1.29 is 52.2 Å². The van der Waals surface area contributed by atoms with Gasteiger partial charge in [0.2, 0.25) is 0 Å². The van der Waals surface area contributed by atoms with E-state index in [-0.39, 0.29) is 25.9 Å². The quantitative estimate of drug-likeness (QED) is 0.0197. The van der Waals surface area contributed by atoms with E-state index in [4.69, 9.17) is 23.3 Å². The van der Waals surface area contributed by atoms with Gasteiger partial charge in [-0.25, -0.2) is 4.57 Å². The van der Waals surface area contributed by atoms with Gasteiger partial charge in [-0.2, -0.15) is 0 Å². The number of hydrogen-bond donors (Lipinski definition) is 2. The molecule has 430 valence electrons. The maximum atomic E-state index is 12.9. The molecule has 0 aromatic carbocycles. The molecule has 0 aromatic rings. The SMILES string of the molecule is CC/C=C\C/C=C\C/C=C\CCCCCCCCCC(=O)OC(COC(=O)CCCCCCCCCCC/C=C\CCCCCCCC)COP(=O)(O)OCC(CO)OC(=O)CCCCCCC/C=C\CCCC. The third-order valence-corrected chi connectivity index (χ3v) is 13.8. The van der Waals surface area contributed by atoms with E-state index in [1.807, 2.05) is 0 Å². The summed E-state index contributed by atoms with van der Waals surface area (Å²) in [7, 11) is -4.75. The molecule has 0 saturated carbocycles. The lowest BCUT2D eigenvalue weighted by Crippen LogP contribution is -2.30. The molecule has 3 unspecified atom stereocenters. The van der Waals surface area contributed by atoms with Gasteiger partial charge in [-0.05, 0) is 96.3 Å². The van der Waals surface area contributed by atoms with Crippen LogP contribution in [-0.4, -0.2) is 66.5 Å². The van der Waals surface area contributed by atoms with Crippen LogP contribution in [-0.2, 0) is 42.2 Å². The van der Waals surface area contributed by atoms with E-state index in [1.165, 1.54) is 103 Å². The zero-order valence-corrected chi connectivity index (χ0v) is 48.5. The summed E-state index contributed by atoms with van der Waals surface area (Å²) in [5, 5.41) is 9.80. The number of hydrogen-bond acceptors (Lipinski definition) is 10. The smallest absolute Gasteiger partial charge is 0.462 e.